The van der Waals surface area contributed by atoms with Gasteiger partial charge in [-0.05, 0) is 18.7 Å². The van der Waals surface area contributed by atoms with E-state index < -0.39 is 29.2 Å². The first kappa shape index (κ1) is 29.5. The number of likely N-dealkylation sites (N-methyl/N-ethyl adjacent to an activating group) is 1. The third-order valence-electron chi connectivity index (χ3n) is 5.81. The van der Waals surface area contributed by atoms with Gasteiger partial charge in [0.05, 0.1) is 6.61 Å². The van der Waals surface area contributed by atoms with Gasteiger partial charge in [0, 0.05) is 31.7 Å². The van der Waals surface area contributed by atoms with E-state index in [0.717, 1.165) is 24.4 Å². The Bertz CT molecular complexity index is 1120. The number of hydrogen-bond acceptors (Lipinski definition) is 12. The van der Waals surface area contributed by atoms with E-state index in [1.54, 1.807) is 5.38 Å². The zero-order valence-corrected chi connectivity index (χ0v) is 23.6. The molecule has 0 saturated carbocycles. The van der Waals surface area contributed by atoms with Crippen LogP contribution in [0.2, 0.25) is 0 Å². The lowest BCUT2D eigenvalue weighted by Crippen LogP contribution is -2.71. The number of nitrogens with zero attached hydrogens (tertiary/aromatic N) is 4. The third kappa shape index (κ3) is 6.70. The Morgan fingerprint density at radius 2 is 2.00 bits per heavy atom. The van der Waals surface area contributed by atoms with Crippen molar-refractivity contribution in [3.05, 3.63) is 22.3 Å². The molecule has 3 rings (SSSR count). The van der Waals surface area contributed by atoms with Crippen LogP contribution in [-0.4, -0.2) is 108 Å². The van der Waals surface area contributed by atoms with Crippen LogP contribution in [0.25, 0.3) is 0 Å². The molecule has 0 spiro atoms. The van der Waals surface area contributed by atoms with Crippen molar-refractivity contribution in [2.45, 2.75) is 32.2 Å². The zero-order valence-electron chi connectivity index (χ0n) is 21.9. The molecule has 2 atom stereocenters. The number of nitrogens with one attached hydrogen (secondary N) is 2. The van der Waals surface area contributed by atoms with Crippen molar-refractivity contribution in [3.63, 3.8) is 0 Å². The first-order valence-corrected chi connectivity index (χ1v) is 13.9. The molecule has 0 aliphatic carbocycles. The minimum Gasteiger partial charge on any atom is -0.460 e. The van der Waals surface area contributed by atoms with Crippen molar-refractivity contribution in [3.8, 4) is 0 Å². The second-order valence-corrected chi connectivity index (χ2v) is 10.2. The number of oxime groups is 1. The monoisotopic (exact) mass is 568 g/mol. The summed E-state index contributed by atoms with van der Waals surface area (Å²) in [6.07, 6.45) is 0. The zero-order chi connectivity index (χ0) is 27.8. The van der Waals surface area contributed by atoms with Crippen molar-refractivity contribution in [1.82, 2.24) is 20.1 Å². The van der Waals surface area contributed by atoms with E-state index in [1.807, 2.05) is 13.8 Å². The number of ether oxygens (including phenoxy) is 2. The first-order valence-electron chi connectivity index (χ1n) is 12.0. The lowest BCUT2D eigenvalue weighted by molar-refractivity contribution is -0.152. The number of β-lactam (4-membered cyclic amide) rings is 1. The fourth-order valence-electron chi connectivity index (χ4n) is 3.93. The smallest absolute Gasteiger partial charge is 0.355 e. The van der Waals surface area contributed by atoms with Crippen molar-refractivity contribution in [2.75, 3.05) is 58.1 Å². The minimum atomic E-state index is -0.898. The number of methoxy groups -OCH3 is 1. The van der Waals surface area contributed by atoms with Gasteiger partial charge in [0.2, 0.25) is 5.91 Å². The van der Waals surface area contributed by atoms with Gasteiger partial charge in [0.25, 0.3) is 11.8 Å². The molecule has 208 valence electrons. The van der Waals surface area contributed by atoms with Crippen LogP contribution in [0.3, 0.4) is 0 Å². The summed E-state index contributed by atoms with van der Waals surface area (Å²) >= 11 is 2.52. The quantitative estimate of drug-likeness (QED) is 0.150. The van der Waals surface area contributed by atoms with Crippen LogP contribution in [0.1, 0.15) is 26.5 Å². The minimum absolute atomic E-state index is 0.154. The largest absolute Gasteiger partial charge is 0.460 e. The van der Waals surface area contributed by atoms with Crippen LogP contribution in [0.5, 0.6) is 0 Å². The Kier molecular flexibility index (Phi) is 10.6. The number of esters is 1. The number of amides is 3. The molecule has 1 saturated heterocycles. The van der Waals surface area contributed by atoms with Crippen LogP contribution in [0.15, 0.2) is 21.8 Å². The second-order valence-electron chi connectivity index (χ2n) is 8.25. The fraction of sp³-hybridized carbons (Fsp3) is 0.565. The summed E-state index contributed by atoms with van der Waals surface area (Å²) < 4.78 is 10.8. The molecule has 0 radical (unpaired) electrons. The number of rotatable bonds is 13. The summed E-state index contributed by atoms with van der Waals surface area (Å²) in [6, 6.07) is -0.898. The van der Waals surface area contributed by atoms with Crippen LogP contribution in [0.4, 0.5) is 5.13 Å². The summed E-state index contributed by atoms with van der Waals surface area (Å²) in [5, 5.41) is 10.3. The van der Waals surface area contributed by atoms with Gasteiger partial charge in [-0.25, -0.2) is 9.78 Å². The fourth-order valence-corrected chi connectivity index (χ4v) is 6.00. The van der Waals surface area contributed by atoms with Gasteiger partial charge in [0.15, 0.2) is 10.8 Å². The molecule has 1 fully saturated rings. The molecule has 2 N–H and O–H groups in total. The number of anilines is 1. The molecule has 15 heteroatoms. The maximum atomic E-state index is 13.2. The van der Waals surface area contributed by atoms with E-state index >= 15 is 0 Å². The summed E-state index contributed by atoms with van der Waals surface area (Å²) in [5.74, 6) is -1.60. The molecule has 3 amide bonds. The van der Waals surface area contributed by atoms with Gasteiger partial charge < -0.3 is 29.8 Å². The topological polar surface area (TPSA) is 152 Å². The number of thioether (sulfide) groups is 1. The molecule has 2 aliphatic rings. The van der Waals surface area contributed by atoms with Gasteiger partial charge in [-0.1, -0.05) is 19.0 Å². The highest BCUT2D eigenvalue weighted by molar-refractivity contribution is 8.00. The molecule has 1 aromatic heterocycles. The Labute approximate surface area is 228 Å². The molecule has 0 bridgehead atoms. The van der Waals surface area contributed by atoms with Gasteiger partial charge in [0.1, 0.15) is 36.5 Å². The van der Waals surface area contributed by atoms with Gasteiger partial charge in [-0.2, -0.15) is 0 Å². The summed E-state index contributed by atoms with van der Waals surface area (Å²) in [6.45, 7) is 8.01. The predicted molar refractivity (Wildman–Crippen MR) is 143 cm³/mol. The molecule has 0 aromatic carbocycles. The number of hydrogen-bond donors (Lipinski definition) is 2. The highest BCUT2D eigenvalue weighted by Crippen LogP contribution is 2.40. The average Bonchev–Trinajstić information content (AvgIpc) is 3.35. The first-order chi connectivity index (χ1) is 18.2. The van der Waals surface area contributed by atoms with Gasteiger partial charge >= 0.3 is 5.97 Å². The lowest BCUT2D eigenvalue weighted by atomic mass is 10.0. The number of carbonyl (C=O) groups excluding carboxylic acids is 4. The van der Waals surface area contributed by atoms with Crippen molar-refractivity contribution in [2.24, 2.45) is 5.16 Å². The summed E-state index contributed by atoms with van der Waals surface area (Å²) in [4.78, 5) is 63.1. The Morgan fingerprint density at radius 3 is 2.63 bits per heavy atom. The lowest BCUT2D eigenvalue weighted by Gasteiger charge is -2.49. The molecule has 2 unspecified atom stereocenters. The number of fused-ring (bicyclic) bond motifs is 1. The number of aromatic nitrogens is 1. The van der Waals surface area contributed by atoms with Gasteiger partial charge in [-0.3, -0.25) is 19.3 Å². The van der Waals surface area contributed by atoms with Crippen molar-refractivity contribution < 1.29 is 33.5 Å². The summed E-state index contributed by atoms with van der Waals surface area (Å²) in [5.41, 5.74) is 0.835. The Balaban J connectivity index is 1.72. The van der Waals surface area contributed by atoms with E-state index in [4.69, 9.17) is 14.3 Å². The Morgan fingerprint density at radius 1 is 1.26 bits per heavy atom. The van der Waals surface area contributed by atoms with E-state index in [2.05, 4.69) is 25.7 Å². The van der Waals surface area contributed by atoms with Gasteiger partial charge in [-0.15, -0.1) is 23.1 Å². The third-order valence-corrected chi connectivity index (χ3v) is 7.91. The number of carbonyl (C=O) groups is 4. The van der Waals surface area contributed by atoms with E-state index in [9.17, 15) is 19.2 Å². The van der Waals surface area contributed by atoms with Crippen LogP contribution in [0, 0.1) is 0 Å². The van der Waals surface area contributed by atoms with Crippen LogP contribution >= 0.6 is 23.1 Å². The predicted octanol–water partition coefficient (Wildman–Crippen LogP) is 0.637. The maximum absolute atomic E-state index is 13.2. The van der Waals surface area contributed by atoms with E-state index in [-0.39, 0.29) is 41.4 Å². The van der Waals surface area contributed by atoms with E-state index in [1.165, 1.54) is 37.8 Å². The van der Waals surface area contributed by atoms with Crippen LogP contribution < -0.4 is 10.6 Å². The molecular weight excluding hydrogens is 536 g/mol. The standard InChI is InChI=1S/C23H32N6O7S2/c1-6-28(7-2)8-9-36-22(33)18-14(10-34-4)11-37-21-17(20(32)29(18)21)26-19(31)16(27-35-5)15-12-38-23(25-15)24-13(3)30/h12,17,21H,6-11H2,1-5H3,(H,26,31)(H,24,25,30). The maximum Gasteiger partial charge on any atom is 0.355 e. The molecule has 3 heterocycles. The molecule has 38 heavy (non-hydrogen) atoms. The van der Waals surface area contributed by atoms with Crippen molar-refractivity contribution in [1.29, 1.82) is 0 Å². The summed E-state index contributed by atoms with van der Waals surface area (Å²) in [7, 11) is 2.79. The van der Waals surface area contributed by atoms with E-state index in [0.29, 0.717) is 17.9 Å². The Hall–Kier alpha value is -3.01. The average molecular weight is 569 g/mol. The number of thiazole rings is 1. The highest BCUT2D eigenvalue weighted by Gasteiger charge is 2.54. The molecule has 2 aliphatic heterocycles. The molecular formula is C23H32N6O7S2. The molecule has 13 nitrogen and oxygen atoms in total. The second kappa shape index (κ2) is 13.7. The van der Waals surface area contributed by atoms with Crippen LogP contribution in [-0.2, 0) is 33.5 Å². The highest BCUT2D eigenvalue weighted by atomic mass is 32.2. The normalized spacial score (nSPS) is 19.2. The SMILES string of the molecule is CCN(CC)CCOC(=O)C1=C(COC)CSC2C(NC(=O)C(=NOC)c3csc(NC(C)=O)n3)C(=O)N12. The van der Waals surface area contributed by atoms with Crippen molar-refractivity contribution >= 4 is 57.6 Å². The molecule has 1 aromatic rings.